The maximum absolute atomic E-state index is 5.95. The molecule has 1 aromatic heterocycles. The zero-order valence-corrected chi connectivity index (χ0v) is 8.81. The Kier molecular flexibility index (Phi) is 2.63. The van der Waals surface area contributed by atoms with Crippen LogP contribution in [0.25, 0.3) is 0 Å². The lowest BCUT2D eigenvalue weighted by Gasteiger charge is -2.17. The Morgan fingerprint density at radius 1 is 1.46 bits per heavy atom. The van der Waals surface area contributed by atoms with E-state index in [1.165, 1.54) is 0 Å². The first-order valence-electron chi connectivity index (χ1n) is 4.08. The van der Waals surface area contributed by atoms with Gasteiger partial charge < -0.3 is 0 Å². The van der Waals surface area contributed by atoms with Gasteiger partial charge in [0.25, 0.3) is 0 Å². The summed E-state index contributed by atoms with van der Waals surface area (Å²) in [5, 5.41) is 0.599. The monoisotopic (exact) mass is 193 g/mol. The Hall–Kier alpha value is -1.00. The first kappa shape index (κ1) is 10.1. The molecular weight excluding hydrogens is 182 g/mol. The molecule has 0 radical (unpaired) electrons. The largest absolute Gasteiger partial charge is 0.259 e. The number of nitrogens with zero attached hydrogens (tertiary/aromatic N) is 1. The van der Waals surface area contributed by atoms with Gasteiger partial charge in [-0.25, -0.2) is 0 Å². The lowest BCUT2D eigenvalue weighted by atomic mass is 9.91. The Bertz CT molecular complexity index is 355. The molecule has 0 aliphatic carbocycles. The molecule has 0 N–H and O–H groups in total. The van der Waals surface area contributed by atoms with Crippen LogP contribution in [-0.4, -0.2) is 4.98 Å². The van der Waals surface area contributed by atoms with Gasteiger partial charge in [0.1, 0.15) is 0 Å². The molecule has 0 aliphatic heterocycles. The summed E-state index contributed by atoms with van der Waals surface area (Å²) in [6.45, 7) is 6.25. The van der Waals surface area contributed by atoms with Gasteiger partial charge in [-0.05, 0) is 6.07 Å². The molecule has 1 rings (SSSR count). The van der Waals surface area contributed by atoms with Gasteiger partial charge in [0.2, 0.25) is 0 Å². The summed E-state index contributed by atoms with van der Waals surface area (Å²) in [7, 11) is 0. The maximum Gasteiger partial charge on any atom is 0.0612 e. The predicted octanol–water partition coefficient (Wildman–Crippen LogP) is 3.01. The fourth-order valence-electron chi connectivity index (χ4n) is 0.947. The first-order chi connectivity index (χ1) is 5.95. The standard InChI is InChI=1S/C11H12ClN/c1-5-8-7-13-10(6-9(8)12)11(2,3)4/h1,6-7H,2-4H3. The van der Waals surface area contributed by atoms with Crippen LogP contribution in [0.4, 0.5) is 0 Å². The van der Waals surface area contributed by atoms with Crippen LogP contribution in [0.2, 0.25) is 5.02 Å². The zero-order valence-electron chi connectivity index (χ0n) is 8.06. The van der Waals surface area contributed by atoms with Crippen molar-refractivity contribution in [3.8, 4) is 12.3 Å². The van der Waals surface area contributed by atoms with E-state index in [2.05, 4.69) is 31.7 Å². The Balaban J connectivity index is 3.20. The summed E-state index contributed by atoms with van der Waals surface area (Å²) in [6.07, 6.45) is 6.88. The van der Waals surface area contributed by atoms with Gasteiger partial charge in [-0.2, -0.15) is 0 Å². The van der Waals surface area contributed by atoms with Crippen LogP contribution in [0.1, 0.15) is 32.0 Å². The van der Waals surface area contributed by atoms with E-state index in [1.807, 2.05) is 6.07 Å². The third-order valence-corrected chi connectivity index (χ3v) is 2.09. The second-order valence-electron chi connectivity index (χ2n) is 3.94. The van der Waals surface area contributed by atoms with Crippen molar-refractivity contribution < 1.29 is 0 Å². The van der Waals surface area contributed by atoms with Crippen molar-refractivity contribution >= 4 is 11.6 Å². The molecule has 1 nitrogen and oxygen atoms in total. The maximum atomic E-state index is 5.95. The van der Waals surface area contributed by atoms with E-state index in [4.69, 9.17) is 18.0 Å². The third kappa shape index (κ3) is 2.23. The van der Waals surface area contributed by atoms with E-state index >= 15 is 0 Å². The molecule has 0 bridgehead atoms. The van der Waals surface area contributed by atoms with Crippen LogP contribution in [0, 0.1) is 12.3 Å². The Morgan fingerprint density at radius 2 is 2.08 bits per heavy atom. The molecule has 0 fully saturated rings. The van der Waals surface area contributed by atoms with E-state index in [0.29, 0.717) is 10.6 Å². The molecule has 0 atom stereocenters. The second kappa shape index (κ2) is 3.40. The van der Waals surface area contributed by atoms with Gasteiger partial charge >= 0.3 is 0 Å². The van der Waals surface area contributed by atoms with Crippen LogP contribution in [-0.2, 0) is 5.41 Å². The topological polar surface area (TPSA) is 12.9 Å². The number of aromatic nitrogens is 1. The zero-order chi connectivity index (χ0) is 10.1. The third-order valence-electron chi connectivity index (χ3n) is 1.78. The van der Waals surface area contributed by atoms with Crippen molar-refractivity contribution in [1.29, 1.82) is 0 Å². The minimum absolute atomic E-state index is 0.0107. The van der Waals surface area contributed by atoms with Crippen LogP contribution < -0.4 is 0 Å². The molecule has 1 aromatic rings. The van der Waals surface area contributed by atoms with Gasteiger partial charge in [0.05, 0.1) is 10.6 Å². The summed E-state index contributed by atoms with van der Waals surface area (Å²) in [5.41, 5.74) is 1.61. The number of pyridine rings is 1. The smallest absolute Gasteiger partial charge is 0.0612 e. The number of hydrogen-bond donors (Lipinski definition) is 0. The van der Waals surface area contributed by atoms with Crippen LogP contribution in [0.15, 0.2) is 12.3 Å². The second-order valence-corrected chi connectivity index (χ2v) is 4.35. The minimum atomic E-state index is 0.0107. The van der Waals surface area contributed by atoms with E-state index in [0.717, 1.165) is 5.69 Å². The van der Waals surface area contributed by atoms with Crippen molar-refractivity contribution in [3.05, 3.63) is 28.5 Å². The highest BCUT2D eigenvalue weighted by molar-refractivity contribution is 6.31. The van der Waals surface area contributed by atoms with Gasteiger partial charge in [0.15, 0.2) is 0 Å². The molecular formula is C11H12ClN. The fourth-order valence-corrected chi connectivity index (χ4v) is 1.15. The van der Waals surface area contributed by atoms with Gasteiger partial charge in [-0.1, -0.05) is 38.3 Å². The highest BCUT2D eigenvalue weighted by atomic mass is 35.5. The van der Waals surface area contributed by atoms with Gasteiger partial charge in [-0.15, -0.1) is 6.42 Å². The molecule has 68 valence electrons. The molecule has 1 heterocycles. The predicted molar refractivity (Wildman–Crippen MR) is 55.9 cm³/mol. The average Bonchev–Trinajstić information content (AvgIpc) is 2.02. The SMILES string of the molecule is C#Cc1cnc(C(C)(C)C)cc1Cl. The van der Waals surface area contributed by atoms with Crippen molar-refractivity contribution in [1.82, 2.24) is 4.98 Å². The van der Waals surface area contributed by atoms with Crippen LogP contribution in [0.5, 0.6) is 0 Å². The lowest BCUT2D eigenvalue weighted by molar-refractivity contribution is 0.569. The molecule has 13 heavy (non-hydrogen) atoms. The normalized spacial score (nSPS) is 11.0. The van der Waals surface area contributed by atoms with E-state index in [-0.39, 0.29) is 5.41 Å². The Labute approximate surface area is 84.1 Å². The van der Waals surface area contributed by atoms with Crippen molar-refractivity contribution in [3.63, 3.8) is 0 Å². The van der Waals surface area contributed by atoms with Crippen LogP contribution in [0.3, 0.4) is 0 Å². The number of halogens is 1. The van der Waals surface area contributed by atoms with Crippen molar-refractivity contribution in [2.24, 2.45) is 0 Å². The summed E-state index contributed by atoms with van der Waals surface area (Å²) in [5.74, 6) is 2.48. The molecule has 0 saturated heterocycles. The molecule has 0 saturated carbocycles. The summed E-state index contributed by atoms with van der Waals surface area (Å²) in [4.78, 5) is 4.25. The number of rotatable bonds is 0. The van der Waals surface area contributed by atoms with Gasteiger partial charge in [-0.3, -0.25) is 4.98 Å². The summed E-state index contributed by atoms with van der Waals surface area (Å²) in [6, 6.07) is 1.83. The molecule has 0 amide bonds. The van der Waals surface area contributed by atoms with E-state index in [9.17, 15) is 0 Å². The van der Waals surface area contributed by atoms with E-state index < -0.39 is 0 Å². The highest BCUT2D eigenvalue weighted by Gasteiger charge is 2.16. The van der Waals surface area contributed by atoms with Crippen molar-refractivity contribution in [2.75, 3.05) is 0 Å². The molecule has 2 heteroatoms. The fraction of sp³-hybridized carbons (Fsp3) is 0.364. The quantitative estimate of drug-likeness (QED) is 0.578. The summed E-state index contributed by atoms with van der Waals surface area (Å²) >= 11 is 5.95. The van der Waals surface area contributed by atoms with Gasteiger partial charge in [0, 0.05) is 17.3 Å². The first-order valence-corrected chi connectivity index (χ1v) is 4.45. The number of terminal acetylenes is 1. The average molecular weight is 194 g/mol. The van der Waals surface area contributed by atoms with E-state index in [1.54, 1.807) is 6.20 Å². The molecule has 0 unspecified atom stereocenters. The van der Waals surface area contributed by atoms with Crippen LogP contribution >= 0.6 is 11.6 Å². The lowest BCUT2D eigenvalue weighted by Crippen LogP contribution is -2.13. The summed E-state index contributed by atoms with van der Waals surface area (Å²) < 4.78 is 0. The highest BCUT2D eigenvalue weighted by Crippen LogP contribution is 2.24. The molecule has 0 aromatic carbocycles. The van der Waals surface area contributed by atoms with Crippen molar-refractivity contribution in [2.45, 2.75) is 26.2 Å². The molecule has 0 spiro atoms. The molecule has 0 aliphatic rings. The number of hydrogen-bond acceptors (Lipinski definition) is 1. The Morgan fingerprint density at radius 3 is 2.46 bits per heavy atom. The minimum Gasteiger partial charge on any atom is -0.259 e.